The van der Waals surface area contributed by atoms with Gasteiger partial charge in [-0.05, 0) is 70.1 Å². The summed E-state index contributed by atoms with van der Waals surface area (Å²) in [5.41, 5.74) is 0.757. The van der Waals surface area contributed by atoms with Crippen LogP contribution in [0.25, 0.3) is 0 Å². The van der Waals surface area contributed by atoms with Gasteiger partial charge in [0.1, 0.15) is 11.9 Å². The van der Waals surface area contributed by atoms with E-state index in [2.05, 4.69) is 12.2 Å². The van der Waals surface area contributed by atoms with Gasteiger partial charge in [0.2, 0.25) is 0 Å². The number of hydrogen-bond acceptors (Lipinski definition) is 6. The van der Waals surface area contributed by atoms with Crippen molar-refractivity contribution in [2.24, 2.45) is 5.92 Å². The monoisotopic (exact) mass is 507 g/mol. The summed E-state index contributed by atoms with van der Waals surface area (Å²) in [6.45, 7) is 12.1. The number of piperidine rings is 1. The molecule has 2 heterocycles. The quantitative estimate of drug-likeness (QED) is 0.524. The van der Waals surface area contributed by atoms with Gasteiger partial charge in [-0.1, -0.05) is 20.8 Å². The maximum absolute atomic E-state index is 15.0. The highest BCUT2D eigenvalue weighted by Crippen LogP contribution is 2.28. The number of carbonyl (C=O) groups is 2. The second-order valence-electron chi connectivity index (χ2n) is 10.4. The van der Waals surface area contributed by atoms with Crippen LogP contribution in [0.4, 0.5) is 25.4 Å². The summed E-state index contributed by atoms with van der Waals surface area (Å²) in [5, 5.41) is 2.56. The molecule has 2 aliphatic heterocycles. The van der Waals surface area contributed by atoms with Crippen molar-refractivity contribution >= 4 is 23.6 Å². The zero-order valence-corrected chi connectivity index (χ0v) is 22.3. The summed E-state index contributed by atoms with van der Waals surface area (Å²) in [6.07, 6.45) is 2.90. The Balaban J connectivity index is 1.60. The van der Waals surface area contributed by atoms with Crippen molar-refractivity contribution in [3.05, 3.63) is 24.0 Å². The SMILES string of the molecule is CCC1CC(C)N(C(=O)OC2CCCN(c3ccc(NC(=O)OCC(C)C)cc3F)C2)C(C)CCO1. The van der Waals surface area contributed by atoms with Crippen LogP contribution < -0.4 is 10.2 Å². The average Bonchev–Trinajstić information content (AvgIpc) is 2.81. The van der Waals surface area contributed by atoms with Gasteiger partial charge in [-0.2, -0.15) is 0 Å². The molecule has 2 saturated heterocycles. The number of carbonyl (C=O) groups excluding carboxylic acids is 2. The van der Waals surface area contributed by atoms with Gasteiger partial charge >= 0.3 is 12.2 Å². The van der Waals surface area contributed by atoms with E-state index in [0.29, 0.717) is 37.7 Å². The van der Waals surface area contributed by atoms with Crippen LogP contribution in [0.2, 0.25) is 0 Å². The summed E-state index contributed by atoms with van der Waals surface area (Å²) >= 11 is 0. The smallest absolute Gasteiger partial charge is 0.411 e. The van der Waals surface area contributed by atoms with Crippen molar-refractivity contribution in [1.82, 2.24) is 4.90 Å². The van der Waals surface area contributed by atoms with Gasteiger partial charge < -0.3 is 24.0 Å². The number of hydrogen-bond donors (Lipinski definition) is 1. The topological polar surface area (TPSA) is 80.3 Å². The Morgan fingerprint density at radius 3 is 2.69 bits per heavy atom. The fraction of sp³-hybridized carbons (Fsp3) is 0.704. The molecule has 36 heavy (non-hydrogen) atoms. The first-order valence-electron chi connectivity index (χ1n) is 13.3. The fourth-order valence-corrected chi connectivity index (χ4v) is 4.88. The average molecular weight is 508 g/mol. The first kappa shape index (κ1) is 28.0. The Kier molecular flexibility index (Phi) is 10.2. The van der Waals surface area contributed by atoms with E-state index in [1.165, 1.54) is 6.07 Å². The molecule has 9 heteroatoms. The highest BCUT2D eigenvalue weighted by atomic mass is 19.1. The third-order valence-corrected chi connectivity index (χ3v) is 6.84. The molecule has 2 amide bonds. The molecule has 202 valence electrons. The first-order valence-corrected chi connectivity index (χ1v) is 13.3. The lowest BCUT2D eigenvalue weighted by Gasteiger charge is -2.40. The molecule has 0 spiro atoms. The molecule has 0 bridgehead atoms. The molecule has 1 N–H and O–H groups in total. The Morgan fingerprint density at radius 2 is 2.00 bits per heavy atom. The van der Waals surface area contributed by atoms with Gasteiger partial charge in [-0.3, -0.25) is 5.32 Å². The molecule has 4 atom stereocenters. The molecule has 0 aliphatic carbocycles. The van der Waals surface area contributed by atoms with E-state index in [1.54, 1.807) is 12.1 Å². The third-order valence-electron chi connectivity index (χ3n) is 6.84. The van der Waals surface area contributed by atoms with Crippen LogP contribution in [-0.2, 0) is 14.2 Å². The van der Waals surface area contributed by atoms with Gasteiger partial charge in [0.25, 0.3) is 0 Å². The van der Waals surface area contributed by atoms with Gasteiger partial charge in [-0.25, -0.2) is 14.0 Å². The molecule has 3 rings (SSSR count). The standard InChI is InChI=1S/C27H42FN3O5/c1-6-22-14-20(5)31(19(4)11-13-34-22)27(33)36-23-8-7-12-30(16-23)25-10-9-21(15-24(25)28)29-26(32)35-17-18(2)3/h9-10,15,18-20,22-23H,6-8,11-14,16-17H2,1-5H3,(H,29,32). The maximum Gasteiger partial charge on any atom is 0.411 e. The molecule has 4 unspecified atom stereocenters. The summed E-state index contributed by atoms with van der Waals surface area (Å²) in [6, 6.07) is 4.62. The summed E-state index contributed by atoms with van der Waals surface area (Å²) in [5.74, 6) is -0.228. The molecule has 0 aromatic heterocycles. The Morgan fingerprint density at radius 1 is 1.22 bits per heavy atom. The van der Waals surface area contributed by atoms with Crippen LogP contribution in [0.15, 0.2) is 18.2 Å². The van der Waals surface area contributed by atoms with Crippen molar-refractivity contribution in [1.29, 1.82) is 0 Å². The van der Waals surface area contributed by atoms with Gasteiger partial charge in [0, 0.05) is 30.9 Å². The normalized spacial score (nSPS) is 25.2. The predicted molar refractivity (Wildman–Crippen MR) is 138 cm³/mol. The molecule has 2 aliphatic rings. The highest BCUT2D eigenvalue weighted by molar-refractivity contribution is 5.85. The second kappa shape index (κ2) is 13.1. The van der Waals surface area contributed by atoms with Crippen molar-refractivity contribution in [3.8, 4) is 0 Å². The van der Waals surface area contributed by atoms with E-state index in [9.17, 15) is 14.0 Å². The molecule has 1 aromatic carbocycles. The predicted octanol–water partition coefficient (Wildman–Crippen LogP) is 5.80. The highest BCUT2D eigenvalue weighted by Gasteiger charge is 2.33. The summed E-state index contributed by atoms with van der Waals surface area (Å²) in [7, 11) is 0. The van der Waals surface area contributed by atoms with E-state index >= 15 is 0 Å². The lowest BCUT2D eigenvalue weighted by Crippen LogP contribution is -2.50. The second-order valence-corrected chi connectivity index (χ2v) is 10.4. The zero-order valence-electron chi connectivity index (χ0n) is 22.3. The third kappa shape index (κ3) is 7.72. The van der Waals surface area contributed by atoms with Crippen molar-refractivity contribution < 1.29 is 28.2 Å². The van der Waals surface area contributed by atoms with Crippen LogP contribution in [0.5, 0.6) is 0 Å². The van der Waals surface area contributed by atoms with E-state index in [-0.39, 0.29) is 36.3 Å². The summed E-state index contributed by atoms with van der Waals surface area (Å²) in [4.78, 5) is 28.9. The Bertz CT molecular complexity index is 883. The Labute approximate surface area is 214 Å². The molecular formula is C27H42FN3O5. The zero-order chi connectivity index (χ0) is 26.2. The van der Waals surface area contributed by atoms with E-state index < -0.39 is 11.9 Å². The van der Waals surface area contributed by atoms with Crippen LogP contribution in [0.3, 0.4) is 0 Å². The number of ether oxygens (including phenoxy) is 3. The lowest BCUT2D eigenvalue weighted by molar-refractivity contribution is -0.0240. The van der Waals surface area contributed by atoms with E-state index in [4.69, 9.17) is 14.2 Å². The molecule has 2 fully saturated rings. The minimum atomic E-state index is -0.606. The first-order chi connectivity index (χ1) is 17.2. The number of halogens is 1. The van der Waals surface area contributed by atoms with Crippen molar-refractivity contribution in [2.75, 3.05) is 36.5 Å². The fourth-order valence-electron chi connectivity index (χ4n) is 4.88. The van der Waals surface area contributed by atoms with E-state index in [1.807, 2.05) is 37.5 Å². The largest absolute Gasteiger partial charge is 0.449 e. The minimum absolute atomic E-state index is 0.0159. The number of amides is 2. The molecule has 0 saturated carbocycles. The van der Waals surface area contributed by atoms with Crippen LogP contribution in [0, 0.1) is 11.7 Å². The van der Waals surface area contributed by atoms with Crippen LogP contribution in [-0.4, -0.2) is 67.7 Å². The summed E-state index contributed by atoms with van der Waals surface area (Å²) < 4.78 is 32.0. The van der Waals surface area contributed by atoms with Crippen molar-refractivity contribution in [2.45, 2.75) is 91.0 Å². The maximum atomic E-state index is 15.0. The van der Waals surface area contributed by atoms with Gasteiger partial charge in [0.05, 0.1) is 24.9 Å². The number of nitrogens with one attached hydrogen (secondary N) is 1. The van der Waals surface area contributed by atoms with Gasteiger partial charge in [0.15, 0.2) is 0 Å². The number of rotatable bonds is 6. The van der Waals surface area contributed by atoms with Crippen LogP contribution in [0.1, 0.15) is 66.7 Å². The van der Waals surface area contributed by atoms with E-state index in [0.717, 1.165) is 32.1 Å². The molecule has 1 aromatic rings. The molecule has 0 radical (unpaired) electrons. The van der Waals surface area contributed by atoms with Crippen LogP contribution >= 0.6 is 0 Å². The number of nitrogens with zero attached hydrogens (tertiary/aromatic N) is 2. The van der Waals surface area contributed by atoms with Crippen molar-refractivity contribution in [3.63, 3.8) is 0 Å². The minimum Gasteiger partial charge on any atom is -0.449 e. The molecular weight excluding hydrogens is 465 g/mol. The number of anilines is 2. The lowest BCUT2D eigenvalue weighted by atomic mass is 10.0. The Hall–Kier alpha value is -2.55. The molecule has 8 nitrogen and oxygen atoms in total. The van der Waals surface area contributed by atoms with Gasteiger partial charge in [-0.15, -0.1) is 0 Å². The number of benzene rings is 1.